The molecule has 1 fully saturated rings. The summed E-state index contributed by atoms with van der Waals surface area (Å²) in [5.41, 5.74) is 4.19. The number of hydrogen-bond donors (Lipinski definition) is 2. The van der Waals surface area contributed by atoms with Gasteiger partial charge in [0.05, 0.1) is 18.3 Å². The van der Waals surface area contributed by atoms with Crippen LogP contribution in [0.4, 0.5) is 5.95 Å². The highest BCUT2D eigenvalue weighted by Gasteiger charge is 2.33. The molecule has 164 valence electrons. The average Bonchev–Trinajstić information content (AvgIpc) is 3.17. The molecule has 32 heavy (non-hydrogen) atoms. The maximum absolute atomic E-state index is 13.2. The number of hydrogen-bond acceptors (Lipinski definition) is 6. The number of benzene rings is 2. The molecule has 0 bridgehead atoms. The molecule has 5 rings (SSSR count). The Morgan fingerprint density at radius 2 is 1.94 bits per heavy atom. The van der Waals surface area contributed by atoms with Gasteiger partial charge in [-0.15, -0.1) is 0 Å². The van der Waals surface area contributed by atoms with Crippen LogP contribution in [0.25, 0.3) is 11.3 Å². The highest BCUT2D eigenvalue weighted by Crippen LogP contribution is 2.33. The van der Waals surface area contributed by atoms with E-state index < -0.39 is 0 Å². The van der Waals surface area contributed by atoms with E-state index in [9.17, 15) is 9.90 Å². The molecule has 2 N–H and O–H groups in total. The van der Waals surface area contributed by atoms with Crippen molar-refractivity contribution in [3.05, 3.63) is 77.5 Å². The number of anilines is 1. The van der Waals surface area contributed by atoms with Crippen LogP contribution in [0.5, 0.6) is 0 Å². The van der Waals surface area contributed by atoms with E-state index in [0.717, 1.165) is 48.4 Å². The van der Waals surface area contributed by atoms with Gasteiger partial charge in [0.2, 0.25) is 5.95 Å². The highest BCUT2D eigenvalue weighted by atomic mass is 16.5. The number of nitrogens with zero attached hydrogens (tertiary/aromatic N) is 3. The van der Waals surface area contributed by atoms with Gasteiger partial charge in [-0.05, 0) is 36.1 Å². The molecule has 1 saturated heterocycles. The first-order chi connectivity index (χ1) is 15.7. The summed E-state index contributed by atoms with van der Waals surface area (Å²) in [7, 11) is 0. The van der Waals surface area contributed by atoms with Crippen molar-refractivity contribution in [3.63, 3.8) is 0 Å². The molecule has 1 aromatic heterocycles. The van der Waals surface area contributed by atoms with Gasteiger partial charge < -0.3 is 20.1 Å². The summed E-state index contributed by atoms with van der Waals surface area (Å²) in [6.45, 7) is 1.86. The van der Waals surface area contributed by atoms with Gasteiger partial charge in [0.25, 0.3) is 5.91 Å². The summed E-state index contributed by atoms with van der Waals surface area (Å²) >= 11 is 0. The quantitative estimate of drug-likeness (QED) is 0.623. The fourth-order valence-electron chi connectivity index (χ4n) is 4.41. The van der Waals surface area contributed by atoms with Crippen molar-refractivity contribution in [2.75, 3.05) is 25.1 Å². The van der Waals surface area contributed by atoms with Crippen LogP contribution in [0.15, 0.2) is 60.8 Å². The summed E-state index contributed by atoms with van der Waals surface area (Å²) < 4.78 is 5.41. The predicted molar refractivity (Wildman–Crippen MR) is 121 cm³/mol. The number of rotatable bonds is 6. The number of amides is 1. The van der Waals surface area contributed by atoms with Gasteiger partial charge in [0.1, 0.15) is 0 Å². The van der Waals surface area contributed by atoms with Crippen molar-refractivity contribution >= 4 is 11.9 Å². The van der Waals surface area contributed by atoms with Crippen LogP contribution in [-0.2, 0) is 11.3 Å². The van der Waals surface area contributed by atoms with Gasteiger partial charge in [0, 0.05) is 43.1 Å². The second kappa shape index (κ2) is 9.06. The maximum atomic E-state index is 13.2. The van der Waals surface area contributed by atoms with Crippen molar-refractivity contribution in [2.24, 2.45) is 0 Å². The second-order valence-corrected chi connectivity index (χ2v) is 8.21. The van der Waals surface area contributed by atoms with Gasteiger partial charge in [-0.25, -0.2) is 9.97 Å². The third kappa shape index (κ3) is 4.09. The van der Waals surface area contributed by atoms with Gasteiger partial charge in [-0.1, -0.05) is 42.5 Å². The zero-order chi connectivity index (χ0) is 21.9. The topological polar surface area (TPSA) is 87.6 Å². The molecular formula is C25H26N4O3. The lowest BCUT2D eigenvalue weighted by molar-refractivity contribution is 0.0615. The number of aliphatic hydroxyl groups is 1. The molecule has 0 saturated carbocycles. The van der Waals surface area contributed by atoms with Crippen LogP contribution >= 0.6 is 0 Å². The van der Waals surface area contributed by atoms with Crippen molar-refractivity contribution in [1.29, 1.82) is 0 Å². The number of carbonyl (C=O) groups is 1. The maximum Gasteiger partial charge on any atom is 0.255 e. The summed E-state index contributed by atoms with van der Waals surface area (Å²) in [4.78, 5) is 24.0. The van der Waals surface area contributed by atoms with Crippen LogP contribution < -0.4 is 5.32 Å². The molecule has 1 amide bonds. The first-order valence-corrected chi connectivity index (χ1v) is 11.0. The highest BCUT2D eigenvalue weighted by molar-refractivity contribution is 5.99. The van der Waals surface area contributed by atoms with E-state index in [1.807, 2.05) is 54.6 Å². The Labute approximate surface area is 187 Å². The minimum atomic E-state index is -0.367. The Morgan fingerprint density at radius 1 is 1.12 bits per heavy atom. The molecule has 7 nitrogen and oxygen atoms in total. The first kappa shape index (κ1) is 20.6. The number of ether oxygens (including phenoxy) is 1. The van der Waals surface area contributed by atoms with Gasteiger partial charge in [-0.2, -0.15) is 0 Å². The molecule has 7 heteroatoms. The monoisotopic (exact) mass is 430 g/mol. The summed E-state index contributed by atoms with van der Waals surface area (Å²) in [6, 6.07) is 17.3. The standard InChI is InChI=1S/C25H26N4O3/c30-16-23(17-4-2-1-3-5-17)29-15-19-7-6-18(14-21(19)24(29)31)22-8-11-26-25(28-22)27-20-9-12-32-13-10-20/h1-8,11,14,20,23,30H,9-10,12-13,15-16H2,(H,26,27,28)/t23-/m1/s1. The minimum Gasteiger partial charge on any atom is -0.394 e. The van der Waals surface area contributed by atoms with E-state index in [-0.39, 0.29) is 18.6 Å². The molecular weight excluding hydrogens is 404 g/mol. The smallest absolute Gasteiger partial charge is 0.255 e. The van der Waals surface area contributed by atoms with Gasteiger partial charge >= 0.3 is 0 Å². The van der Waals surface area contributed by atoms with E-state index in [1.165, 1.54) is 0 Å². The van der Waals surface area contributed by atoms with Crippen molar-refractivity contribution in [1.82, 2.24) is 14.9 Å². The Kier molecular flexibility index (Phi) is 5.83. The van der Waals surface area contributed by atoms with E-state index in [0.29, 0.717) is 24.1 Å². The number of aliphatic hydroxyl groups excluding tert-OH is 1. The zero-order valence-electron chi connectivity index (χ0n) is 17.8. The molecule has 0 unspecified atom stereocenters. The zero-order valence-corrected chi connectivity index (χ0v) is 17.8. The number of aromatic nitrogens is 2. The predicted octanol–water partition coefficient (Wildman–Crippen LogP) is 3.42. The third-order valence-electron chi connectivity index (χ3n) is 6.18. The second-order valence-electron chi connectivity index (χ2n) is 8.21. The van der Waals surface area contributed by atoms with Crippen LogP contribution in [0, 0.1) is 0 Å². The number of fused-ring (bicyclic) bond motifs is 1. The van der Waals surface area contributed by atoms with Crippen molar-refractivity contribution in [3.8, 4) is 11.3 Å². The van der Waals surface area contributed by atoms with Crippen LogP contribution in [0.1, 0.15) is 40.4 Å². The summed E-state index contributed by atoms with van der Waals surface area (Å²) in [6.07, 6.45) is 3.61. The lowest BCUT2D eigenvalue weighted by Crippen LogP contribution is -2.31. The molecule has 2 aliphatic rings. The van der Waals surface area contributed by atoms with E-state index in [4.69, 9.17) is 4.74 Å². The fraction of sp³-hybridized carbons (Fsp3) is 0.320. The van der Waals surface area contributed by atoms with Crippen molar-refractivity contribution < 1.29 is 14.6 Å². The molecule has 0 radical (unpaired) electrons. The Balaban J connectivity index is 1.38. The normalized spacial score (nSPS) is 17.3. The SMILES string of the molecule is O=C1c2cc(-c3ccnc(NC4CCOCC4)n3)ccc2CN1[C@H](CO)c1ccccc1. The molecule has 2 aliphatic heterocycles. The Hall–Kier alpha value is -3.29. The average molecular weight is 431 g/mol. The molecule has 0 spiro atoms. The third-order valence-corrected chi connectivity index (χ3v) is 6.18. The van der Waals surface area contributed by atoms with Crippen LogP contribution in [-0.4, -0.2) is 51.7 Å². The van der Waals surface area contributed by atoms with Gasteiger partial charge in [0.15, 0.2) is 0 Å². The lowest BCUT2D eigenvalue weighted by atomic mass is 10.0. The van der Waals surface area contributed by atoms with Gasteiger partial charge in [-0.3, -0.25) is 4.79 Å². The van der Waals surface area contributed by atoms with E-state index in [1.54, 1.807) is 11.1 Å². The van der Waals surface area contributed by atoms with E-state index in [2.05, 4.69) is 15.3 Å². The van der Waals surface area contributed by atoms with Crippen LogP contribution in [0.3, 0.4) is 0 Å². The molecule has 3 heterocycles. The summed E-state index contributed by atoms with van der Waals surface area (Å²) in [5.74, 6) is 0.520. The summed E-state index contributed by atoms with van der Waals surface area (Å²) in [5, 5.41) is 13.4. The fourth-order valence-corrected chi connectivity index (χ4v) is 4.41. The number of carbonyl (C=O) groups excluding carboxylic acids is 1. The largest absolute Gasteiger partial charge is 0.394 e. The number of nitrogens with one attached hydrogen (secondary N) is 1. The Bertz CT molecular complexity index is 1100. The molecule has 1 atom stereocenters. The van der Waals surface area contributed by atoms with Crippen molar-refractivity contribution in [2.45, 2.75) is 31.5 Å². The lowest BCUT2D eigenvalue weighted by Gasteiger charge is -2.26. The van der Waals surface area contributed by atoms with E-state index >= 15 is 0 Å². The molecule has 2 aromatic carbocycles. The first-order valence-electron chi connectivity index (χ1n) is 11.0. The molecule has 0 aliphatic carbocycles. The minimum absolute atomic E-state index is 0.0700. The Morgan fingerprint density at radius 3 is 2.72 bits per heavy atom. The van der Waals surface area contributed by atoms with Crippen LogP contribution in [0.2, 0.25) is 0 Å². The molecule has 3 aromatic rings.